The number of benzene rings is 1. The Labute approximate surface area is 94.4 Å². The van der Waals surface area contributed by atoms with Crippen molar-refractivity contribution >= 4 is 11.6 Å². The summed E-state index contributed by atoms with van der Waals surface area (Å²) in [6.45, 7) is 0.437. The maximum atomic E-state index is 11.8. The average Bonchev–Trinajstić information content (AvgIpc) is 2.35. The highest BCUT2D eigenvalue weighted by Gasteiger charge is 2.10. The highest BCUT2D eigenvalue weighted by Crippen LogP contribution is 2.09. The molecule has 16 heavy (non-hydrogen) atoms. The van der Waals surface area contributed by atoms with Gasteiger partial charge in [-0.3, -0.25) is 10.6 Å². The van der Waals surface area contributed by atoms with Crippen molar-refractivity contribution in [3.8, 4) is 6.07 Å². The molecule has 5 nitrogen and oxygen atoms in total. The Bertz CT molecular complexity index is 393. The largest absolute Gasteiger partial charge is 0.341 e. The van der Waals surface area contributed by atoms with Gasteiger partial charge in [-0.1, -0.05) is 0 Å². The van der Waals surface area contributed by atoms with Crippen LogP contribution >= 0.6 is 0 Å². The van der Waals surface area contributed by atoms with Gasteiger partial charge in [-0.15, -0.1) is 0 Å². The van der Waals surface area contributed by atoms with Gasteiger partial charge >= 0.3 is 0 Å². The van der Waals surface area contributed by atoms with Gasteiger partial charge in [0.1, 0.15) is 0 Å². The van der Waals surface area contributed by atoms with Crippen LogP contribution in [0.4, 0.5) is 5.69 Å². The Morgan fingerprint density at radius 1 is 1.50 bits per heavy atom. The number of nitrogens with one attached hydrogen (secondary N) is 1. The van der Waals surface area contributed by atoms with Crippen LogP contribution < -0.4 is 11.3 Å². The lowest BCUT2D eigenvalue weighted by atomic mass is 10.2. The van der Waals surface area contributed by atoms with E-state index in [9.17, 15) is 4.79 Å². The van der Waals surface area contributed by atoms with Crippen LogP contribution in [0, 0.1) is 11.3 Å². The first-order valence-electron chi connectivity index (χ1n) is 4.88. The van der Waals surface area contributed by atoms with Crippen molar-refractivity contribution in [3.05, 3.63) is 29.8 Å². The first-order chi connectivity index (χ1) is 7.69. The summed E-state index contributed by atoms with van der Waals surface area (Å²) in [5, 5.41) is 8.43. The number of nitrogens with two attached hydrogens (primary N) is 1. The average molecular weight is 218 g/mol. The lowest BCUT2D eigenvalue weighted by Crippen LogP contribution is -2.27. The lowest BCUT2D eigenvalue weighted by molar-refractivity contribution is 0.0798. The van der Waals surface area contributed by atoms with Gasteiger partial charge in [0.2, 0.25) is 0 Å². The lowest BCUT2D eigenvalue weighted by Gasteiger charge is -2.15. The molecule has 1 aromatic carbocycles. The van der Waals surface area contributed by atoms with Crippen LogP contribution in [0.5, 0.6) is 0 Å². The van der Waals surface area contributed by atoms with E-state index < -0.39 is 0 Å². The zero-order valence-electron chi connectivity index (χ0n) is 9.10. The van der Waals surface area contributed by atoms with Gasteiger partial charge in [-0.2, -0.15) is 5.26 Å². The second-order valence-electron chi connectivity index (χ2n) is 3.36. The molecule has 0 radical (unpaired) electrons. The molecule has 1 aromatic rings. The summed E-state index contributed by atoms with van der Waals surface area (Å²) in [7, 11) is 1.68. The Hall–Kier alpha value is -2.06. The number of nitrogens with zero attached hydrogens (tertiary/aromatic N) is 2. The standard InChI is InChI=1S/C11H14N4O/c1-15(8-2-7-12)11(16)9-3-5-10(14-13)6-4-9/h3-6,14H,2,8,13H2,1H3. The minimum absolute atomic E-state index is 0.0983. The molecule has 0 spiro atoms. The number of hydrogen-bond acceptors (Lipinski definition) is 4. The third kappa shape index (κ3) is 2.97. The highest BCUT2D eigenvalue weighted by atomic mass is 16.2. The first kappa shape index (κ1) is 12.0. The molecule has 0 heterocycles. The summed E-state index contributed by atoms with van der Waals surface area (Å²) in [6, 6.07) is 8.85. The number of nitrogen functional groups attached to an aromatic ring is 1. The van der Waals surface area contributed by atoms with Crippen LogP contribution in [0.1, 0.15) is 16.8 Å². The SMILES string of the molecule is CN(CCC#N)C(=O)c1ccc(NN)cc1. The van der Waals surface area contributed by atoms with E-state index in [4.69, 9.17) is 11.1 Å². The molecule has 1 amide bonds. The topological polar surface area (TPSA) is 82.2 Å². The molecule has 3 N–H and O–H groups in total. The smallest absolute Gasteiger partial charge is 0.253 e. The van der Waals surface area contributed by atoms with Gasteiger partial charge in [-0.25, -0.2) is 0 Å². The number of anilines is 1. The number of carbonyl (C=O) groups excluding carboxylic acids is 1. The van der Waals surface area contributed by atoms with Crippen molar-refractivity contribution in [1.82, 2.24) is 4.90 Å². The normalized spacial score (nSPS) is 9.31. The summed E-state index contributed by atoms with van der Waals surface area (Å²) >= 11 is 0. The van der Waals surface area contributed by atoms with Gasteiger partial charge in [0.05, 0.1) is 12.5 Å². The van der Waals surface area contributed by atoms with E-state index in [2.05, 4.69) is 5.43 Å². The van der Waals surface area contributed by atoms with Crippen molar-refractivity contribution in [1.29, 1.82) is 5.26 Å². The summed E-state index contributed by atoms with van der Waals surface area (Å²) < 4.78 is 0. The fraction of sp³-hybridized carbons (Fsp3) is 0.273. The second-order valence-corrected chi connectivity index (χ2v) is 3.36. The fourth-order valence-electron chi connectivity index (χ4n) is 1.25. The van der Waals surface area contributed by atoms with Gasteiger partial charge in [-0.05, 0) is 24.3 Å². The molecule has 1 rings (SSSR count). The molecule has 0 saturated carbocycles. The van der Waals surface area contributed by atoms with Crippen LogP contribution in [-0.4, -0.2) is 24.4 Å². The van der Waals surface area contributed by atoms with Crippen LogP contribution in [0.3, 0.4) is 0 Å². The molecule has 5 heteroatoms. The number of nitriles is 1. The Balaban J connectivity index is 2.69. The van der Waals surface area contributed by atoms with Crippen molar-refractivity contribution in [2.75, 3.05) is 19.0 Å². The summed E-state index contributed by atoms with van der Waals surface area (Å²) in [5.41, 5.74) is 3.82. The minimum Gasteiger partial charge on any atom is -0.341 e. The maximum Gasteiger partial charge on any atom is 0.253 e. The van der Waals surface area contributed by atoms with E-state index in [0.29, 0.717) is 18.5 Å². The molecule has 0 unspecified atom stereocenters. The second kappa shape index (κ2) is 5.73. The van der Waals surface area contributed by atoms with E-state index in [1.807, 2.05) is 6.07 Å². The van der Waals surface area contributed by atoms with Crippen LogP contribution in [0.25, 0.3) is 0 Å². The molecule has 0 bridgehead atoms. The van der Waals surface area contributed by atoms with E-state index in [1.54, 1.807) is 31.3 Å². The predicted octanol–water partition coefficient (Wildman–Crippen LogP) is 0.958. The fourth-order valence-corrected chi connectivity index (χ4v) is 1.25. The molecule has 0 fully saturated rings. The molecular weight excluding hydrogens is 204 g/mol. The zero-order valence-corrected chi connectivity index (χ0v) is 9.10. The number of carbonyl (C=O) groups is 1. The third-order valence-corrected chi connectivity index (χ3v) is 2.20. The molecule has 84 valence electrons. The molecule has 0 aliphatic heterocycles. The molecule has 0 aliphatic carbocycles. The number of amides is 1. The quantitative estimate of drug-likeness (QED) is 0.582. The van der Waals surface area contributed by atoms with E-state index >= 15 is 0 Å². The van der Waals surface area contributed by atoms with Gasteiger partial charge in [0, 0.05) is 24.8 Å². The molecule has 0 saturated heterocycles. The summed E-state index contributed by atoms with van der Waals surface area (Å²) in [4.78, 5) is 13.3. The predicted molar refractivity (Wildman–Crippen MR) is 61.4 cm³/mol. The van der Waals surface area contributed by atoms with E-state index in [-0.39, 0.29) is 5.91 Å². The van der Waals surface area contributed by atoms with Gasteiger partial charge in [0.15, 0.2) is 0 Å². The first-order valence-corrected chi connectivity index (χ1v) is 4.88. The Morgan fingerprint density at radius 2 is 2.12 bits per heavy atom. The number of hydrogen-bond donors (Lipinski definition) is 2. The minimum atomic E-state index is -0.0983. The Morgan fingerprint density at radius 3 is 2.62 bits per heavy atom. The maximum absolute atomic E-state index is 11.8. The van der Waals surface area contributed by atoms with Gasteiger partial charge < -0.3 is 10.3 Å². The molecule has 0 aliphatic rings. The van der Waals surface area contributed by atoms with Crippen molar-refractivity contribution < 1.29 is 4.79 Å². The highest BCUT2D eigenvalue weighted by molar-refractivity contribution is 5.94. The number of hydrazine groups is 1. The molecular formula is C11H14N4O. The van der Waals surface area contributed by atoms with Gasteiger partial charge in [0.25, 0.3) is 5.91 Å². The van der Waals surface area contributed by atoms with Crippen LogP contribution in [-0.2, 0) is 0 Å². The number of rotatable bonds is 4. The van der Waals surface area contributed by atoms with Crippen molar-refractivity contribution in [2.24, 2.45) is 5.84 Å². The summed E-state index contributed by atoms with van der Waals surface area (Å²) in [6.07, 6.45) is 0.338. The molecule has 0 aromatic heterocycles. The van der Waals surface area contributed by atoms with E-state index in [1.165, 1.54) is 4.90 Å². The van der Waals surface area contributed by atoms with Crippen LogP contribution in [0.15, 0.2) is 24.3 Å². The Kier molecular flexibility index (Phi) is 4.30. The summed E-state index contributed by atoms with van der Waals surface area (Å²) in [5.74, 6) is 5.12. The third-order valence-electron chi connectivity index (χ3n) is 2.20. The van der Waals surface area contributed by atoms with E-state index in [0.717, 1.165) is 5.69 Å². The zero-order chi connectivity index (χ0) is 12.0. The molecule has 0 atom stereocenters. The van der Waals surface area contributed by atoms with Crippen molar-refractivity contribution in [3.63, 3.8) is 0 Å². The van der Waals surface area contributed by atoms with Crippen molar-refractivity contribution in [2.45, 2.75) is 6.42 Å². The monoisotopic (exact) mass is 218 g/mol. The van der Waals surface area contributed by atoms with Crippen LogP contribution in [0.2, 0.25) is 0 Å².